The van der Waals surface area contributed by atoms with Gasteiger partial charge < -0.3 is 4.42 Å². The van der Waals surface area contributed by atoms with E-state index in [0.29, 0.717) is 10.4 Å². The smallest absolute Gasteiger partial charge is 0.221 e. The van der Waals surface area contributed by atoms with Crippen LogP contribution in [0.15, 0.2) is 45.6 Å². The van der Waals surface area contributed by atoms with Gasteiger partial charge in [-0.25, -0.2) is 0 Å². The van der Waals surface area contributed by atoms with Crippen molar-refractivity contribution in [2.75, 3.05) is 0 Å². The number of fused-ring (bicyclic) bond motifs is 2. The monoisotopic (exact) mass is 414 g/mol. The summed E-state index contributed by atoms with van der Waals surface area (Å²) >= 11 is 12.2. The predicted octanol–water partition coefficient (Wildman–Crippen LogP) is 5.57. The number of nitrogens with zero attached hydrogens (tertiary/aromatic N) is 2. The van der Waals surface area contributed by atoms with Crippen molar-refractivity contribution in [1.82, 2.24) is 9.78 Å². The lowest BCUT2D eigenvalue weighted by molar-refractivity contribution is 0.103. The van der Waals surface area contributed by atoms with Gasteiger partial charge in [0.1, 0.15) is 17.0 Å². The highest BCUT2D eigenvalue weighted by atomic mass is 35.5. The van der Waals surface area contributed by atoms with Gasteiger partial charge in [-0.3, -0.25) is 14.3 Å². The fraction of sp³-hybridized carbons (Fsp3) is 0.190. The van der Waals surface area contributed by atoms with Crippen LogP contribution in [0.3, 0.4) is 0 Å². The van der Waals surface area contributed by atoms with Gasteiger partial charge in [0.2, 0.25) is 11.2 Å². The summed E-state index contributed by atoms with van der Waals surface area (Å²) in [5.41, 5.74) is 0.714. The Morgan fingerprint density at radius 2 is 1.86 bits per heavy atom. The van der Waals surface area contributed by atoms with Crippen LogP contribution >= 0.6 is 23.2 Å². The summed E-state index contributed by atoms with van der Waals surface area (Å²) < 4.78 is 7.49. The molecule has 0 saturated heterocycles. The second-order valence-electron chi connectivity index (χ2n) is 6.86. The highest BCUT2D eigenvalue weighted by molar-refractivity contribution is 6.38. The van der Waals surface area contributed by atoms with E-state index in [1.807, 2.05) is 38.1 Å². The molecule has 0 radical (unpaired) electrons. The molecule has 0 saturated carbocycles. The lowest BCUT2D eigenvalue weighted by atomic mass is 10.0. The number of benzene rings is 2. The van der Waals surface area contributed by atoms with E-state index in [0.717, 1.165) is 5.52 Å². The largest absolute Gasteiger partial charge is 0.459 e. The Bertz CT molecular complexity index is 1320. The summed E-state index contributed by atoms with van der Waals surface area (Å²) in [4.78, 5) is 26.5. The molecular weight excluding hydrogens is 399 g/mol. The maximum absolute atomic E-state index is 13.3. The van der Waals surface area contributed by atoms with E-state index in [-0.39, 0.29) is 39.1 Å². The van der Waals surface area contributed by atoms with Crippen LogP contribution in [0.2, 0.25) is 10.0 Å². The molecule has 5 nitrogen and oxygen atoms in total. The Hall–Kier alpha value is -2.63. The molecule has 0 aliphatic carbocycles. The minimum Gasteiger partial charge on any atom is -0.459 e. The molecule has 4 rings (SSSR count). The van der Waals surface area contributed by atoms with Crippen LogP contribution in [0, 0.1) is 6.92 Å². The molecule has 0 aliphatic rings. The third-order valence-corrected chi connectivity index (χ3v) is 5.13. The summed E-state index contributed by atoms with van der Waals surface area (Å²) in [6.45, 7) is 5.53. The first-order valence-corrected chi connectivity index (χ1v) is 9.49. The SMILES string of the molecule is Cc1oc2c(Cl)cc(Cl)cc2c(=O)c1C(=O)c1nn(C(C)C)c2ccccc12. The van der Waals surface area contributed by atoms with Crippen LogP contribution in [0.5, 0.6) is 0 Å². The van der Waals surface area contributed by atoms with E-state index in [1.165, 1.54) is 12.1 Å². The maximum atomic E-state index is 13.3. The Labute approximate surface area is 170 Å². The van der Waals surface area contributed by atoms with E-state index in [4.69, 9.17) is 27.6 Å². The Balaban J connectivity index is 2.01. The number of hydrogen-bond acceptors (Lipinski definition) is 4. The van der Waals surface area contributed by atoms with Gasteiger partial charge >= 0.3 is 0 Å². The van der Waals surface area contributed by atoms with Crippen molar-refractivity contribution in [2.24, 2.45) is 0 Å². The van der Waals surface area contributed by atoms with Gasteiger partial charge in [0, 0.05) is 16.5 Å². The summed E-state index contributed by atoms with van der Waals surface area (Å²) in [5.74, 6) is -0.297. The molecule has 7 heteroatoms. The van der Waals surface area contributed by atoms with Gasteiger partial charge in [0.05, 0.1) is 15.9 Å². The summed E-state index contributed by atoms with van der Waals surface area (Å²) in [6, 6.07) is 10.4. The number of carbonyl (C=O) groups excluding carboxylic acids is 1. The fourth-order valence-corrected chi connectivity index (χ4v) is 3.90. The van der Waals surface area contributed by atoms with Gasteiger partial charge in [-0.15, -0.1) is 0 Å². The van der Waals surface area contributed by atoms with Crippen LogP contribution in [-0.4, -0.2) is 15.6 Å². The Morgan fingerprint density at radius 1 is 1.14 bits per heavy atom. The molecule has 0 unspecified atom stereocenters. The average Bonchev–Trinajstić information content (AvgIpc) is 3.03. The highest BCUT2D eigenvalue weighted by Crippen LogP contribution is 2.29. The molecule has 0 bridgehead atoms. The van der Waals surface area contributed by atoms with E-state index < -0.39 is 11.2 Å². The van der Waals surface area contributed by atoms with Crippen LogP contribution < -0.4 is 5.43 Å². The number of para-hydroxylation sites is 1. The van der Waals surface area contributed by atoms with Crippen LogP contribution in [-0.2, 0) is 0 Å². The number of aryl methyl sites for hydroxylation is 1. The topological polar surface area (TPSA) is 65.1 Å². The normalized spacial score (nSPS) is 11.6. The fourth-order valence-electron chi connectivity index (χ4n) is 3.36. The first kappa shape index (κ1) is 18.7. The van der Waals surface area contributed by atoms with Crippen molar-refractivity contribution in [1.29, 1.82) is 0 Å². The number of aromatic nitrogens is 2. The number of halogens is 2. The van der Waals surface area contributed by atoms with Gasteiger partial charge in [-0.2, -0.15) is 5.10 Å². The zero-order valence-corrected chi connectivity index (χ0v) is 16.9. The summed E-state index contributed by atoms with van der Waals surface area (Å²) in [6.07, 6.45) is 0. The minimum absolute atomic E-state index is 0.0539. The average molecular weight is 415 g/mol. The third kappa shape index (κ3) is 2.82. The van der Waals surface area contributed by atoms with Gasteiger partial charge in [-0.1, -0.05) is 41.4 Å². The standard InChI is InChI=1S/C21H16Cl2N2O3/c1-10(2)25-16-7-5-4-6-13(16)18(24-25)20(27)17-11(3)28-21-14(19(17)26)8-12(22)9-15(21)23/h4-10H,1-3H3. The molecule has 0 amide bonds. The molecule has 4 aromatic rings. The number of rotatable bonds is 3. The zero-order valence-electron chi connectivity index (χ0n) is 15.4. The molecule has 2 aromatic carbocycles. The van der Waals surface area contributed by atoms with E-state index >= 15 is 0 Å². The quantitative estimate of drug-likeness (QED) is 0.411. The number of ketones is 1. The van der Waals surface area contributed by atoms with Crippen LogP contribution in [0.25, 0.3) is 21.9 Å². The molecule has 0 atom stereocenters. The van der Waals surface area contributed by atoms with E-state index in [1.54, 1.807) is 11.6 Å². The molecule has 0 aliphatic heterocycles. The molecule has 2 aromatic heterocycles. The third-order valence-electron chi connectivity index (χ3n) is 4.63. The second-order valence-corrected chi connectivity index (χ2v) is 7.70. The van der Waals surface area contributed by atoms with Crippen molar-refractivity contribution >= 4 is 50.9 Å². The minimum atomic E-state index is -0.486. The van der Waals surface area contributed by atoms with E-state index in [2.05, 4.69) is 5.10 Å². The molecule has 0 spiro atoms. The lowest BCUT2D eigenvalue weighted by Gasteiger charge is -2.07. The molecule has 0 N–H and O–H groups in total. The number of hydrogen-bond donors (Lipinski definition) is 0. The molecule has 28 heavy (non-hydrogen) atoms. The van der Waals surface area contributed by atoms with Crippen LogP contribution in [0.1, 0.15) is 41.7 Å². The van der Waals surface area contributed by atoms with Gasteiger partial charge in [0.15, 0.2) is 5.58 Å². The van der Waals surface area contributed by atoms with E-state index in [9.17, 15) is 9.59 Å². The molecule has 2 heterocycles. The first-order chi connectivity index (χ1) is 13.3. The van der Waals surface area contributed by atoms with Crippen molar-refractivity contribution in [3.8, 4) is 0 Å². The lowest BCUT2D eigenvalue weighted by Crippen LogP contribution is -2.19. The Kier molecular flexibility index (Phi) is 4.52. The maximum Gasteiger partial charge on any atom is 0.221 e. The van der Waals surface area contributed by atoms with Crippen molar-refractivity contribution in [3.05, 3.63) is 73.7 Å². The van der Waals surface area contributed by atoms with Crippen molar-refractivity contribution in [3.63, 3.8) is 0 Å². The van der Waals surface area contributed by atoms with Gasteiger partial charge in [-0.05, 0) is 39.0 Å². The molecule has 142 valence electrons. The first-order valence-electron chi connectivity index (χ1n) is 8.74. The van der Waals surface area contributed by atoms with Gasteiger partial charge in [0.25, 0.3) is 0 Å². The molecule has 0 fully saturated rings. The second kappa shape index (κ2) is 6.76. The predicted molar refractivity (Wildman–Crippen MR) is 111 cm³/mol. The Morgan fingerprint density at radius 3 is 2.57 bits per heavy atom. The highest BCUT2D eigenvalue weighted by Gasteiger charge is 2.26. The summed E-state index contributed by atoms with van der Waals surface area (Å²) in [7, 11) is 0. The summed E-state index contributed by atoms with van der Waals surface area (Å²) in [5, 5.41) is 5.86. The number of carbonyl (C=O) groups is 1. The van der Waals surface area contributed by atoms with Crippen LogP contribution in [0.4, 0.5) is 0 Å². The van der Waals surface area contributed by atoms with Crippen molar-refractivity contribution < 1.29 is 9.21 Å². The van der Waals surface area contributed by atoms with Crippen molar-refractivity contribution in [2.45, 2.75) is 26.8 Å². The molecular formula is C21H16Cl2N2O3. The zero-order chi connectivity index (χ0) is 20.2.